The molecule has 0 aliphatic heterocycles. The number of sulfonamides is 1. The molecule has 1 aliphatic carbocycles. The van der Waals surface area contributed by atoms with Crippen LogP contribution in [0.4, 0.5) is 0 Å². The van der Waals surface area contributed by atoms with Gasteiger partial charge in [-0.05, 0) is 18.8 Å². The second kappa shape index (κ2) is 5.44. The first-order valence-electron chi connectivity index (χ1n) is 4.76. The average molecular weight is 286 g/mol. The van der Waals surface area contributed by atoms with Crippen molar-refractivity contribution in [2.24, 2.45) is 5.92 Å². The Morgan fingerprint density at radius 3 is 2.57 bits per heavy atom. The summed E-state index contributed by atoms with van der Waals surface area (Å²) in [6, 6.07) is 0. The van der Waals surface area contributed by atoms with Gasteiger partial charge in [0.1, 0.15) is 4.66 Å². The third-order valence-corrected chi connectivity index (χ3v) is 5.28. The zero-order chi connectivity index (χ0) is 10.6. The van der Waals surface area contributed by atoms with Crippen molar-refractivity contribution in [1.29, 1.82) is 0 Å². The number of halogens is 1. The number of hydrogen-bond acceptors (Lipinski definition) is 3. The van der Waals surface area contributed by atoms with Gasteiger partial charge in [-0.2, -0.15) is 0 Å². The minimum Gasteiger partial charge on any atom is -0.393 e. The van der Waals surface area contributed by atoms with E-state index in [2.05, 4.69) is 20.7 Å². The highest BCUT2D eigenvalue weighted by atomic mass is 79.9. The van der Waals surface area contributed by atoms with E-state index in [4.69, 9.17) is 0 Å². The molecule has 0 aromatic carbocycles. The van der Waals surface area contributed by atoms with Crippen LogP contribution in [0.2, 0.25) is 0 Å². The van der Waals surface area contributed by atoms with Gasteiger partial charge in [0.05, 0.1) is 6.10 Å². The zero-order valence-corrected chi connectivity index (χ0v) is 10.3. The van der Waals surface area contributed by atoms with Crippen molar-refractivity contribution in [2.75, 3.05) is 11.2 Å². The molecule has 1 aliphatic rings. The summed E-state index contributed by atoms with van der Waals surface area (Å²) < 4.78 is 24.6. The van der Waals surface area contributed by atoms with E-state index in [9.17, 15) is 13.5 Å². The van der Waals surface area contributed by atoms with Gasteiger partial charge in [-0.15, -0.1) is 0 Å². The molecule has 1 fully saturated rings. The molecule has 14 heavy (non-hydrogen) atoms. The second-order valence-corrected chi connectivity index (χ2v) is 6.79. The Labute approximate surface area is 93.3 Å². The van der Waals surface area contributed by atoms with Crippen LogP contribution in [0.1, 0.15) is 25.7 Å². The Morgan fingerprint density at radius 2 is 2.00 bits per heavy atom. The van der Waals surface area contributed by atoms with Crippen LogP contribution < -0.4 is 4.72 Å². The summed E-state index contributed by atoms with van der Waals surface area (Å²) in [5, 5.41) is 9.59. The Bertz CT molecular complexity index is 268. The van der Waals surface area contributed by atoms with Crippen molar-refractivity contribution in [2.45, 2.75) is 31.8 Å². The molecule has 2 atom stereocenters. The maximum Gasteiger partial charge on any atom is 0.221 e. The normalized spacial score (nSPS) is 29.0. The summed E-state index contributed by atoms with van der Waals surface area (Å²) >= 11 is 2.90. The second-order valence-electron chi connectivity index (χ2n) is 3.68. The van der Waals surface area contributed by atoms with Crippen LogP contribution in [0.3, 0.4) is 0 Å². The molecule has 84 valence electrons. The van der Waals surface area contributed by atoms with Crippen molar-refractivity contribution >= 4 is 26.0 Å². The molecule has 6 heteroatoms. The molecule has 0 spiro atoms. The number of alkyl halides is 1. The SMILES string of the molecule is O=S(=O)(CBr)NCC1CCCCC1O. The fourth-order valence-corrected chi connectivity index (χ4v) is 2.73. The third-order valence-electron chi connectivity index (χ3n) is 2.58. The lowest BCUT2D eigenvalue weighted by molar-refractivity contribution is 0.0725. The lowest BCUT2D eigenvalue weighted by Crippen LogP contribution is -2.36. The van der Waals surface area contributed by atoms with Crippen LogP contribution in [0.5, 0.6) is 0 Å². The Kier molecular flexibility index (Phi) is 4.82. The van der Waals surface area contributed by atoms with Crippen molar-refractivity contribution in [3.05, 3.63) is 0 Å². The number of aliphatic hydroxyl groups is 1. The molecule has 2 unspecified atom stereocenters. The fourth-order valence-electron chi connectivity index (χ4n) is 1.70. The van der Waals surface area contributed by atoms with Gasteiger partial charge < -0.3 is 5.11 Å². The minimum absolute atomic E-state index is 0.0805. The summed E-state index contributed by atoms with van der Waals surface area (Å²) in [5.41, 5.74) is 0. The molecule has 0 aromatic rings. The van der Waals surface area contributed by atoms with Gasteiger partial charge >= 0.3 is 0 Å². The summed E-state index contributed by atoms with van der Waals surface area (Å²) in [7, 11) is -3.19. The van der Waals surface area contributed by atoms with E-state index in [-0.39, 0.29) is 16.7 Å². The fraction of sp³-hybridized carbons (Fsp3) is 1.00. The van der Waals surface area contributed by atoms with Gasteiger partial charge in [0.15, 0.2) is 0 Å². The smallest absolute Gasteiger partial charge is 0.221 e. The van der Waals surface area contributed by atoms with Crippen LogP contribution in [-0.4, -0.2) is 30.8 Å². The molecule has 2 N–H and O–H groups in total. The first-order valence-corrected chi connectivity index (χ1v) is 7.54. The van der Waals surface area contributed by atoms with Crippen LogP contribution in [-0.2, 0) is 10.0 Å². The number of rotatable bonds is 4. The van der Waals surface area contributed by atoms with Gasteiger partial charge in [0.25, 0.3) is 0 Å². The molecule has 0 aromatic heterocycles. The quantitative estimate of drug-likeness (QED) is 0.752. The molecule has 0 amide bonds. The maximum atomic E-state index is 11.1. The molecule has 0 heterocycles. The van der Waals surface area contributed by atoms with Crippen LogP contribution >= 0.6 is 15.9 Å². The first-order chi connectivity index (χ1) is 6.55. The lowest BCUT2D eigenvalue weighted by atomic mass is 9.87. The van der Waals surface area contributed by atoms with Crippen LogP contribution in [0.25, 0.3) is 0 Å². The molecule has 1 saturated carbocycles. The summed E-state index contributed by atoms with van der Waals surface area (Å²) in [6.45, 7) is 0.356. The summed E-state index contributed by atoms with van der Waals surface area (Å²) in [4.78, 5) is 0. The molecule has 4 nitrogen and oxygen atoms in total. The van der Waals surface area contributed by atoms with Crippen molar-refractivity contribution in [3.8, 4) is 0 Å². The van der Waals surface area contributed by atoms with E-state index in [0.29, 0.717) is 6.54 Å². The Hall–Kier alpha value is 0.350. The minimum atomic E-state index is -3.19. The van der Waals surface area contributed by atoms with Gasteiger partial charge in [-0.1, -0.05) is 28.8 Å². The third kappa shape index (κ3) is 3.84. The highest BCUT2D eigenvalue weighted by Crippen LogP contribution is 2.23. The van der Waals surface area contributed by atoms with E-state index >= 15 is 0 Å². The van der Waals surface area contributed by atoms with E-state index in [0.717, 1.165) is 25.7 Å². The molecule has 0 saturated heterocycles. The molecular formula is C8H16BrNO3S. The Balaban J connectivity index is 2.36. The lowest BCUT2D eigenvalue weighted by Gasteiger charge is -2.27. The summed E-state index contributed by atoms with van der Waals surface area (Å²) in [6.07, 6.45) is 3.48. The molecule has 0 bridgehead atoms. The van der Waals surface area contributed by atoms with Crippen molar-refractivity contribution in [1.82, 2.24) is 4.72 Å². The zero-order valence-electron chi connectivity index (χ0n) is 7.95. The molecular weight excluding hydrogens is 270 g/mol. The van der Waals surface area contributed by atoms with E-state index < -0.39 is 10.0 Å². The predicted octanol–water partition coefficient (Wildman–Crippen LogP) is 0.809. The topological polar surface area (TPSA) is 66.4 Å². The van der Waals surface area contributed by atoms with Crippen molar-refractivity contribution < 1.29 is 13.5 Å². The van der Waals surface area contributed by atoms with Crippen LogP contribution in [0, 0.1) is 5.92 Å². The average Bonchev–Trinajstić information content (AvgIpc) is 2.17. The van der Waals surface area contributed by atoms with Gasteiger partial charge in [-0.25, -0.2) is 13.1 Å². The Morgan fingerprint density at radius 1 is 1.36 bits per heavy atom. The first kappa shape index (κ1) is 12.4. The standard InChI is InChI=1S/C8H16BrNO3S/c9-6-14(12,13)10-5-7-3-1-2-4-8(7)11/h7-8,10-11H,1-6H2. The highest BCUT2D eigenvalue weighted by Gasteiger charge is 2.24. The van der Waals surface area contributed by atoms with Gasteiger partial charge in [0, 0.05) is 6.54 Å². The predicted molar refractivity (Wildman–Crippen MR) is 58.7 cm³/mol. The van der Waals surface area contributed by atoms with E-state index in [1.54, 1.807) is 0 Å². The highest BCUT2D eigenvalue weighted by molar-refractivity contribution is 9.10. The monoisotopic (exact) mass is 285 g/mol. The van der Waals surface area contributed by atoms with Gasteiger partial charge in [-0.3, -0.25) is 0 Å². The van der Waals surface area contributed by atoms with E-state index in [1.165, 1.54) is 0 Å². The van der Waals surface area contributed by atoms with Crippen molar-refractivity contribution in [3.63, 3.8) is 0 Å². The summed E-state index contributed by atoms with van der Waals surface area (Å²) in [5.74, 6) is 0.0811. The number of nitrogens with one attached hydrogen (secondary N) is 1. The van der Waals surface area contributed by atoms with E-state index in [1.807, 2.05) is 0 Å². The maximum absolute atomic E-state index is 11.1. The van der Waals surface area contributed by atoms with Crippen LogP contribution in [0.15, 0.2) is 0 Å². The number of hydrogen-bond donors (Lipinski definition) is 2. The van der Waals surface area contributed by atoms with Gasteiger partial charge in [0.2, 0.25) is 10.0 Å². The molecule has 0 radical (unpaired) electrons. The largest absolute Gasteiger partial charge is 0.393 e. The molecule has 1 rings (SSSR count). The number of aliphatic hydroxyl groups excluding tert-OH is 1.